The minimum Gasteiger partial charge on any atom is -0.768 e. The zero-order valence-electron chi connectivity index (χ0n) is 8.85. The van der Waals surface area contributed by atoms with E-state index in [0.717, 1.165) is 0 Å². The Balaban J connectivity index is 0.00000196. The first-order chi connectivity index (χ1) is 6.56. The largest absolute Gasteiger partial charge is 1.00 e. The Hall–Kier alpha value is -0.140. The third-order valence-electron chi connectivity index (χ3n) is 1.66. The van der Waals surface area contributed by atoms with E-state index in [0.29, 0.717) is 0 Å². The molecule has 5 nitrogen and oxygen atoms in total. The van der Waals surface area contributed by atoms with Crippen LogP contribution in [0.25, 0.3) is 0 Å². The molecule has 1 aromatic heterocycles. The summed E-state index contributed by atoms with van der Waals surface area (Å²) in [6, 6.07) is 1.28. The number of rotatable bonds is 3. The van der Waals surface area contributed by atoms with Crippen LogP contribution in [-0.2, 0) is 22.9 Å². The van der Waals surface area contributed by atoms with Gasteiger partial charge >= 0.3 is 35.5 Å². The molecule has 0 saturated heterocycles. The van der Waals surface area contributed by atoms with Crippen LogP contribution in [0.1, 0.15) is 17.4 Å². The van der Waals surface area contributed by atoms with Gasteiger partial charge in [-0.3, -0.25) is 4.21 Å². The molecule has 0 aliphatic rings. The Labute approximate surface area is 112 Å². The van der Waals surface area contributed by atoms with Crippen molar-refractivity contribution >= 4 is 17.0 Å². The van der Waals surface area contributed by atoms with Crippen molar-refractivity contribution in [1.82, 2.24) is 4.57 Å². The fourth-order valence-electron chi connectivity index (χ4n) is 1.03. The number of esters is 1. The molecule has 0 radical (unpaired) electrons. The van der Waals surface area contributed by atoms with Gasteiger partial charge in [-0.05, 0) is 24.1 Å². The van der Waals surface area contributed by atoms with Gasteiger partial charge in [-0.2, -0.15) is 0 Å². The zero-order chi connectivity index (χ0) is 10.7. The molecule has 0 aliphatic heterocycles. The summed E-state index contributed by atoms with van der Waals surface area (Å²) in [5.41, 5.74) is 0.228. The number of carbonyl (C=O) groups is 1. The van der Waals surface area contributed by atoms with Crippen molar-refractivity contribution in [3.05, 3.63) is 18.0 Å². The van der Waals surface area contributed by atoms with Crippen molar-refractivity contribution in [2.75, 3.05) is 6.61 Å². The van der Waals surface area contributed by atoms with E-state index in [4.69, 9.17) is 4.74 Å². The summed E-state index contributed by atoms with van der Waals surface area (Å²) < 4.78 is 27.3. The summed E-state index contributed by atoms with van der Waals surface area (Å²) in [5, 5.41) is 0. The molecular formula is C8H10NNaO4S. The molecule has 0 bridgehead atoms. The van der Waals surface area contributed by atoms with Crippen LogP contribution in [0, 0.1) is 0 Å². The second kappa shape index (κ2) is 6.44. The SMILES string of the molecule is CCOC(=O)c1cc(S(=O)[O-])cn1C.[Na+]. The second-order valence-electron chi connectivity index (χ2n) is 2.63. The summed E-state index contributed by atoms with van der Waals surface area (Å²) in [4.78, 5) is 11.3. The van der Waals surface area contributed by atoms with Gasteiger partial charge in [0.1, 0.15) is 5.69 Å². The monoisotopic (exact) mass is 239 g/mol. The molecule has 0 aromatic carbocycles. The third kappa shape index (κ3) is 3.73. The molecule has 0 amide bonds. The standard InChI is InChI=1S/C8H11NO4S.Na/c1-3-13-8(10)7-4-6(14(11)12)5-9(7)2;/h4-5H,3H2,1-2H3,(H,11,12);/q;+1/p-1. The fourth-order valence-corrected chi connectivity index (χ4v) is 1.49. The van der Waals surface area contributed by atoms with Gasteiger partial charge in [0.25, 0.3) is 0 Å². The van der Waals surface area contributed by atoms with E-state index >= 15 is 0 Å². The molecule has 78 valence electrons. The van der Waals surface area contributed by atoms with Crippen LogP contribution >= 0.6 is 0 Å². The molecule has 1 aromatic rings. The zero-order valence-corrected chi connectivity index (χ0v) is 11.7. The molecule has 1 heterocycles. The summed E-state index contributed by atoms with van der Waals surface area (Å²) in [6.45, 7) is 1.95. The van der Waals surface area contributed by atoms with E-state index < -0.39 is 17.0 Å². The van der Waals surface area contributed by atoms with Gasteiger partial charge in [0, 0.05) is 18.1 Å². The van der Waals surface area contributed by atoms with Gasteiger partial charge in [0.05, 0.1) is 6.61 Å². The van der Waals surface area contributed by atoms with E-state index in [1.807, 2.05) is 0 Å². The molecule has 0 fully saturated rings. The van der Waals surface area contributed by atoms with Crippen molar-refractivity contribution in [2.45, 2.75) is 11.8 Å². The molecule has 0 N–H and O–H groups in total. The van der Waals surface area contributed by atoms with Crippen LogP contribution in [0.5, 0.6) is 0 Å². The number of ether oxygens (including phenoxy) is 1. The Morgan fingerprint density at radius 2 is 2.27 bits per heavy atom. The molecule has 7 heteroatoms. The van der Waals surface area contributed by atoms with E-state index in [1.54, 1.807) is 14.0 Å². The maximum Gasteiger partial charge on any atom is 1.00 e. The number of aryl methyl sites for hydroxylation is 1. The first-order valence-electron chi connectivity index (χ1n) is 3.99. The van der Waals surface area contributed by atoms with E-state index in [-0.39, 0.29) is 46.8 Å². The van der Waals surface area contributed by atoms with Gasteiger partial charge in [0.2, 0.25) is 0 Å². The second-order valence-corrected chi connectivity index (χ2v) is 3.57. The van der Waals surface area contributed by atoms with Crippen molar-refractivity contribution in [3.8, 4) is 0 Å². The molecule has 1 atom stereocenters. The minimum atomic E-state index is -2.32. The number of carbonyl (C=O) groups excluding carboxylic acids is 1. The summed E-state index contributed by atoms with van der Waals surface area (Å²) in [6.07, 6.45) is 1.36. The topological polar surface area (TPSA) is 71.4 Å². The van der Waals surface area contributed by atoms with Crippen LogP contribution in [0.4, 0.5) is 0 Å². The van der Waals surface area contributed by atoms with E-state index in [2.05, 4.69) is 0 Å². The number of hydrogen-bond acceptors (Lipinski definition) is 4. The molecular weight excluding hydrogens is 229 g/mol. The first-order valence-corrected chi connectivity index (χ1v) is 5.06. The van der Waals surface area contributed by atoms with E-state index in [1.165, 1.54) is 16.8 Å². The predicted molar refractivity (Wildman–Crippen MR) is 48.6 cm³/mol. The Morgan fingerprint density at radius 1 is 1.67 bits per heavy atom. The minimum absolute atomic E-state index is 0. The average Bonchev–Trinajstić information content (AvgIpc) is 2.48. The van der Waals surface area contributed by atoms with Gasteiger partial charge in [-0.15, -0.1) is 0 Å². The summed E-state index contributed by atoms with van der Waals surface area (Å²) in [7, 11) is 1.59. The van der Waals surface area contributed by atoms with Crippen molar-refractivity contribution in [2.24, 2.45) is 7.05 Å². The average molecular weight is 239 g/mol. The predicted octanol–water partition coefficient (Wildman–Crippen LogP) is -2.56. The van der Waals surface area contributed by atoms with Crippen LogP contribution in [0.15, 0.2) is 17.2 Å². The van der Waals surface area contributed by atoms with Crippen LogP contribution in [0.2, 0.25) is 0 Å². The Bertz CT molecular complexity index is 377. The van der Waals surface area contributed by atoms with Gasteiger partial charge in [-0.25, -0.2) is 4.79 Å². The van der Waals surface area contributed by atoms with Crippen LogP contribution in [-0.4, -0.2) is 25.9 Å². The Kier molecular flexibility index (Phi) is 6.38. The molecule has 15 heavy (non-hydrogen) atoms. The van der Waals surface area contributed by atoms with Crippen molar-refractivity contribution in [3.63, 3.8) is 0 Å². The number of nitrogens with zero attached hydrogens (tertiary/aromatic N) is 1. The normalized spacial score (nSPS) is 11.7. The van der Waals surface area contributed by atoms with Crippen molar-refractivity contribution in [1.29, 1.82) is 0 Å². The molecule has 0 aliphatic carbocycles. The molecule has 0 saturated carbocycles. The smallest absolute Gasteiger partial charge is 0.768 e. The molecule has 0 spiro atoms. The summed E-state index contributed by atoms with van der Waals surface area (Å²) in [5.74, 6) is -0.522. The maximum atomic E-state index is 11.3. The third-order valence-corrected chi connectivity index (χ3v) is 2.27. The van der Waals surface area contributed by atoms with E-state index in [9.17, 15) is 13.6 Å². The molecule has 1 unspecified atom stereocenters. The summed E-state index contributed by atoms with van der Waals surface area (Å²) >= 11 is -2.32. The van der Waals surface area contributed by atoms with Gasteiger partial charge < -0.3 is 13.9 Å². The van der Waals surface area contributed by atoms with Gasteiger partial charge in [-0.1, -0.05) is 0 Å². The van der Waals surface area contributed by atoms with Crippen LogP contribution < -0.4 is 29.6 Å². The number of aromatic nitrogens is 1. The number of hydrogen-bond donors (Lipinski definition) is 0. The quantitative estimate of drug-likeness (QED) is 0.330. The van der Waals surface area contributed by atoms with Crippen molar-refractivity contribution < 1.29 is 47.9 Å². The fraction of sp³-hybridized carbons (Fsp3) is 0.375. The molecule has 1 rings (SSSR count). The Morgan fingerprint density at radius 3 is 2.67 bits per heavy atom. The van der Waals surface area contributed by atoms with Crippen LogP contribution in [0.3, 0.4) is 0 Å². The van der Waals surface area contributed by atoms with Gasteiger partial charge in [0.15, 0.2) is 0 Å². The first kappa shape index (κ1) is 14.9. The maximum absolute atomic E-state index is 11.3.